The van der Waals surface area contributed by atoms with Gasteiger partial charge < -0.3 is 5.32 Å². The van der Waals surface area contributed by atoms with Crippen LogP contribution in [0, 0.1) is 5.92 Å². The van der Waals surface area contributed by atoms with Crippen molar-refractivity contribution < 1.29 is 8.42 Å². The second kappa shape index (κ2) is 8.80. The van der Waals surface area contributed by atoms with Crippen molar-refractivity contribution in [2.24, 2.45) is 5.92 Å². The van der Waals surface area contributed by atoms with Crippen molar-refractivity contribution in [1.29, 1.82) is 0 Å². The molecule has 0 amide bonds. The number of hydrogen-bond acceptors (Lipinski definition) is 3. The largest absolute Gasteiger partial charge is 0.378 e. The third-order valence-electron chi connectivity index (χ3n) is 6.60. The van der Waals surface area contributed by atoms with Crippen LogP contribution in [0.5, 0.6) is 0 Å². The number of halogens is 2. The molecule has 0 radical (unpaired) electrons. The topological polar surface area (TPSA) is 49.4 Å². The predicted octanol–water partition coefficient (Wildman–Crippen LogP) is 6.64. The molecule has 3 unspecified atom stereocenters. The van der Waals surface area contributed by atoms with Gasteiger partial charge in [-0.1, -0.05) is 71.8 Å². The first-order valence-corrected chi connectivity index (χ1v) is 13.1. The Balaban J connectivity index is 1.49. The number of nitrogens with zero attached hydrogens (tertiary/aromatic N) is 1. The van der Waals surface area contributed by atoms with Crippen LogP contribution in [0.4, 0.5) is 5.69 Å². The van der Waals surface area contributed by atoms with Crippen LogP contribution >= 0.6 is 23.2 Å². The van der Waals surface area contributed by atoms with Gasteiger partial charge in [0.25, 0.3) is 0 Å². The van der Waals surface area contributed by atoms with Gasteiger partial charge in [0.1, 0.15) is 0 Å². The maximum Gasteiger partial charge on any atom is 0.243 e. The molecule has 0 aromatic heterocycles. The fraction of sp³-hybridized carbons (Fsp3) is 0.231. The highest BCUT2D eigenvalue weighted by atomic mass is 35.5. The average Bonchev–Trinajstić information content (AvgIpc) is 3.30. The lowest BCUT2D eigenvalue weighted by molar-refractivity contribution is 0.424. The van der Waals surface area contributed by atoms with Crippen molar-refractivity contribution in [3.63, 3.8) is 0 Å². The Morgan fingerprint density at radius 2 is 1.73 bits per heavy atom. The number of rotatable bonds is 5. The standard InChI is InChI=1S/C26H24Cl2N2O2S/c1-30(16-17-7-3-2-4-8-17)33(31,32)18-13-14-24-21(15-18)19-9-5-10-20(19)26(29-24)25-22(27)11-6-12-23(25)28/h2-9,11-15,19-20,26,29H,10,16H2,1H3. The molecule has 3 aromatic rings. The zero-order valence-corrected chi connectivity index (χ0v) is 20.4. The molecule has 1 heterocycles. The van der Waals surface area contributed by atoms with E-state index in [2.05, 4.69) is 17.5 Å². The zero-order valence-electron chi connectivity index (χ0n) is 18.1. The van der Waals surface area contributed by atoms with Crippen LogP contribution in [0.3, 0.4) is 0 Å². The first kappa shape index (κ1) is 22.5. The Labute approximate surface area is 204 Å². The van der Waals surface area contributed by atoms with Crippen LogP contribution in [0.1, 0.15) is 35.1 Å². The van der Waals surface area contributed by atoms with Crippen LogP contribution in [0.25, 0.3) is 0 Å². The Bertz CT molecular complexity index is 1310. The summed E-state index contributed by atoms with van der Waals surface area (Å²) in [5.74, 6) is 0.295. The molecule has 1 aliphatic heterocycles. The van der Waals surface area contributed by atoms with Gasteiger partial charge in [-0.3, -0.25) is 0 Å². The van der Waals surface area contributed by atoms with E-state index in [4.69, 9.17) is 23.2 Å². The zero-order chi connectivity index (χ0) is 23.2. The van der Waals surface area contributed by atoms with Gasteiger partial charge >= 0.3 is 0 Å². The summed E-state index contributed by atoms with van der Waals surface area (Å²) in [6, 6.07) is 20.5. The highest BCUT2D eigenvalue weighted by molar-refractivity contribution is 7.89. The molecule has 5 rings (SSSR count). The molecular formula is C26H24Cl2N2O2S. The quantitative estimate of drug-likeness (QED) is 0.401. The fourth-order valence-corrected chi connectivity index (χ4v) is 6.76. The third kappa shape index (κ3) is 4.08. The van der Waals surface area contributed by atoms with E-state index in [1.165, 1.54) is 4.31 Å². The summed E-state index contributed by atoms with van der Waals surface area (Å²) in [4.78, 5) is 0.301. The number of benzene rings is 3. The van der Waals surface area contributed by atoms with Gasteiger partial charge in [-0.15, -0.1) is 0 Å². The molecule has 0 saturated heterocycles. The Morgan fingerprint density at radius 3 is 2.45 bits per heavy atom. The number of allylic oxidation sites excluding steroid dienone is 2. The van der Waals surface area contributed by atoms with Crippen molar-refractivity contribution in [2.75, 3.05) is 12.4 Å². The summed E-state index contributed by atoms with van der Waals surface area (Å²) in [5, 5.41) is 4.87. The van der Waals surface area contributed by atoms with E-state index in [-0.39, 0.29) is 17.9 Å². The van der Waals surface area contributed by atoms with E-state index in [0.717, 1.165) is 28.8 Å². The van der Waals surface area contributed by atoms with Crippen molar-refractivity contribution in [3.8, 4) is 0 Å². The molecule has 0 saturated carbocycles. The lowest BCUT2D eigenvalue weighted by Gasteiger charge is -2.38. The van der Waals surface area contributed by atoms with Gasteiger partial charge in [-0.05, 0) is 53.8 Å². The Morgan fingerprint density at radius 1 is 1.00 bits per heavy atom. The van der Waals surface area contributed by atoms with Crippen LogP contribution in [0.2, 0.25) is 10.0 Å². The molecule has 0 spiro atoms. The van der Waals surface area contributed by atoms with Gasteiger partial charge in [0, 0.05) is 40.8 Å². The molecule has 1 N–H and O–H groups in total. The van der Waals surface area contributed by atoms with E-state index < -0.39 is 10.0 Å². The Hall–Kier alpha value is -2.31. The van der Waals surface area contributed by atoms with E-state index in [0.29, 0.717) is 21.5 Å². The highest BCUT2D eigenvalue weighted by Gasteiger charge is 2.40. The summed E-state index contributed by atoms with van der Waals surface area (Å²) < 4.78 is 28.1. The normalized spacial score (nSPS) is 21.5. The molecule has 33 heavy (non-hydrogen) atoms. The molecule has 0 bridgehead atoms. The van der Waals surface area contributed by atoms with E-state index in [1.807, 2.05) is 60.7 Å². The minimum atomic E-state index is -3.64. The predicted molar refractivity (Wildman–Crippen MR) is 134 cm³/mol. The van der Waals surface area contributed by atoms with Gasteiger partial charge in [0.15, 0.2) is 0 Å². The van der Waals surface area contributed by atoms with Crippen LogP contribution in [0.15, 0.2) is 83.8 Å². The molecule has 2 aliphatic rings. The summed E-state index contributed by atoms with van der Waals surface area (Å²) in [6.45, 7) is 0.317. The van der Waals surface area contributed by atoms with Crippen molar-refractivity contribution >= 4 is 38.9 Å². The number of sulfonamides is 1. The molecule has 1 aliphatic carbocycles. The second-order valence-corrected chi connectivity index (χ2v) is 11.5. The third-order valence-corrected chi connectivity index (χ3v) is 9.06. The van der Waals surface area contributed by atoms with Crippen molar-refractivity contribution in [2.45, 2.75) is 29.8 Å². The number of nitrogens with one attached hydrogen (secondary N) is 1. The summed E-state index contributed by atoms with van der Waals surface area (Å²) in [7, 11) is -2.02. The monoisotopic (exact) mass is 498 g/mol. The van der Waals surface area contributed by atoms with Gasteiger partial charge in [0.05, 0.1) is 10.9 Å². The van der Waals surface area contributed by atoms with E-state index in [1.54, 1.807) is 13.1 Å². The fourth-order valence-electron chi connectivity index (χ4n) is 4.93. The van der Waals surface area contributed by atoms with Crippen LogP contribution in [-0.2, 0) is 16.6 Å². The first-order valence-electron chi connectivity index (χ1n) is 10.9. The first-order chi connectivity index (χ1) is 15.9. The maximum atomic E-state index is 13.3. The maximum absolute atomic E-state index is 13.3. The lowest BCUT2D eigenvalue weighted by Crippen LogP contribution is -2.30. The van der Waals surface area contributed by atoms with E-state index in [9.17, 15) is 8.42 Å². The van der Waals surface area contributed by atoms with Crippen LogP contribution in [-0.4, -0.2) is 19.8 Å². The highest BCUT2D eigenvalue weighted by Crippen LogP contribution is 2.52. The summed E-state index contributed by atoms with van der Waals surface area (Å²) >= 11 is 13.1. The molecule has 4 nitrogen and oxygen atoms in total. The lowest BCUT2D eigenvalue weighted by atomic mass is 9.77. The van der Waals surface area contributed by atoms with Gasteiger partial charge in [-0.2, -0.15) is 4.31 Å². The molecule has 170 valence electrons. The van der Waals surface area contributed by atoms with Gasteiger partial charge in [0.2, 0.25) is 10.0 Å². The average molecular weight is 499 g/mol. The molecule has 7 heteroatoms. The number of anilines is 1. The molecule has 3 atom stereocenters. The van der Waals surface area contributed by atoms with Crippen LogP contribution < -0.4 is 5.32 Å². The number of fused-ring (bicyclic) bond motifs is 3. The second-order valence-electron chi connectivity index (χ2n) is 8.61. The molecule has 3 aromatic carbocycles. The minimum absolute atomic E-state index is 0.0538. The molecular weight excluding hydrogens is 475 g/mol. The Kier molecular flexibility index (Phi) is 6.00. The van der Waals surface area contributed by atoms with E-state index >= 15 is 0 Å². The van der Waals surface area contributed by atoms with Gasteiger partial charge in [-0.25, -0.2) is 8.42 Å². The SMILES string of the molecule is CN(Cc1ccccc1)S(=O)(=O)c1ccc2c(c1)C1C=CCC1C(c1c(Cl)cccc1Cl)N2. The number of hydrogen-bond donors (Lipinski definition) is 1. The van der Waals surface area contributed by atoms with Crippen molar-refractivity contribution in [3.05, 3.63) is 106 Å². The smallest absolute Gasteiger partial charge is 0.243 e. The molecule has 0 fully saturated rings. The minimum Gasteiger partial charge on any atom is -0.378 e. The van der Waals surface area contributed by atoms with Crippen molar-refractivity contribution in [1.82, 2.24) is 4.31 Å². The summed E-state index contributed by atoms with van der Waals surface area (Å²) in [6.07, 6.45) is 5.20. The summed E-state index contributed by atoms with van der Waals surface area (Å²) in [5.41, 5.74) is 3.74.